The number of hydrogen-bond acceptors (Lipinski definition) is 4. The topological polar surface area (TPSA) is 86.9 Å². The van der Waals surface area contributed by atoms with Gasteiger partial charge in [-0.2, -0.15) is 0 Å². The van der Waals surface area contributed by atoms with Crippen molar-refractivity contribution in [3.05, 3.63) is 23.8 Å². The van der Waals surface area contributed by atoms with Gasteiger partial charge in [0.2, 0.25) is 5.91 Å². The van der Waals surface area contributed by atoms with Gasteiger partial charge < -0.3 is 20.6 Å². The number of amides is 2. The summed E-state index contributed by atoms with van der Waals surface area (Å²) in [6.07, 6.45) is -0.871. The van der Waals surface area contributed by atoms with Crippen molar-refractivity contribution >= 4 is 23.2 Å². The van der Waals surface area contributed by atoms with Gasteiger partial charge in [-0.05, 0) is 23.8 Å². The Morgan fingerprint density at radius 3 is 2.89 bits per heavy atom. The van der Waals surface area contributed by atoms with E-state index in [9.17, 15) is 14.7 Å². The largest absolute Gasteiger partial charge is 0.382 e. The molecular weight excluding hydrogens is 246 g/mol. The van der Waals surface area contributed by atoms with Crippen molar-refractivity contribution in [3.63, 3.8) is 0 Å². The Morgan fingerprint density at radius 2 is 2.26 bits per heavy atom. The Bertz CT molecular complexity index is 530. The van der Waals surface area contributed by atoms with Crippen LogP contribution in [0.15, 0.2) is 18.2 Å². The van der Waals surface area contributed by atoms with Gasteiger partial charge in [-0.25, -0.2) is 0 Å². The van der Waals surface area contributed by atoms with Crippen LogP contribution in [0.4, 0.5) is 11.4 Å². The van der Waals surface area contributed by atoms with Gasteiger partial charge in [0.05, 0.1) is 6.42 Å². The van der Waals surface area contributed by atoms with E-state index in [1.165, 1.54) is 4.90 Å². The third kappa shape index (κ3) is 2.32. The van der Waals surface area contributed by atoms with E-state index >= 15 is 0 Å². The lowest BCUT2D eigenvalue weighted by Crippen LogP contribution is -2.40. The third-order valence-electron chi connectivity index (χ3n) is 3.37. The van der Waals surface area contributed by atoms with E-state index in [0.29, 0.717) is 12.1 Å². The van der Waals surface area contributed by atoms with E-state index in [2.05, 4.69) is 0 Å². The predicted molar refractivity (Wildman–Crippen MR) is 72.0 cm³/mol. The fourth-order valence-corrected chi connectivity index (χ4v) is 2.12. The number of anilines is 2. The van der Waals surface area contributed by atoms with Crippen LogP contribution in [0.2, 0.25) is 0 Å². The van der Waals surface area contributed by atoms with Gasteiger partial charge in [-0.1, -0.05) is 0 Å². The molecular formula is C13H17N3O3. The Balaban J connectivity index is 2.27. The lowest BCUT2D eigenvalue weighted by atomic mass is 10.1. The molecule has 0 bridgehead atoms. The van der Waals surface area contributed by atoms with Crippen LogP contribution in [-0.4, -0.2) is 43.7 Å². The van der Waals surface area contributed by atoms with Crippen LogP contribution >= 0.6 is 0 Å². The first-order valence-electron chi connectivity index (χ1n) is 6.01. The SMILES string of the molecule is CN(C(=O)C(O)CN)c1ccc2c(c1)CC(=O)N2C. The highest BCUT2D eigenvalue weighted by Gasteiger charge is 2.26. The number of nitrogens with two attached hydrogens (primary N) is 1. The second kappa shape index (κ2) is 4.99. The number of aliphatic hydroxyl groups is 1. The fraction of sp³-hybridized carbons (Fsp3) is 0.385. The number of benzene rings is 1. The Labute approximate surface area is 111 Å². The number of carbonyl (C=O) groups is 2. The molecule has 1 heterocycles. The molecule has 2 amide bonds. The van der Waals surface area contributed by atoms with E-state index in [1.807, 2.05) is 0 Å². The third-order valence-corrected chi connectivity index (χ3v) is 3.37. The van der Waals surface area contributed by atoms with Gasteiger partial charge in [-0.15, -0.1) is 0 Å². The maximum Gasteiger partial charge on any atom is 0.256 e. The fourth-order valence-electron chi connectivity index (χ4n) is 2.12. The molecule has 0 saturated heterocycles. The predicted octanol–water partition coefficient (Wildman–Crippen LogP) is -0.512. The molecule has 1 aromatic carbocycles. The smallest absolute Gasteiger partial charge is 0.256 e. The van der Waals surface area contributed by atoms with Crippen LogP contribution in [-0.2, 0) is 16.0 Å². The molecule has 0 radical (unpaired) electrons. The molecule has 0 aliphatic carbocycles. The van der Waals surface area contributed by atoms with Crippen molar-refractivity contribution in [1.82, 2.24) is 0 Å². The van der Waals surface area contributed by atoms with Crippen LogP contribution < -0.4 is 15.5 Å². The summed E-state index contributed by atoms with van der Waals surface area (Å²) in [4.78, 5) is 26.4. The van der Waals surface area contributed by atoms with Crippen molar-refractivity contribution in [2.24, 2.45) is 5.73 Å². The van der Waals surface area contributed by atoms with Crippen LogP contribution in [0.5, 0.6) is 0 Å². The van der Waals surface area contributed by atoms with Gasteiger partial charge in [0, 0.05) is 32.0 Å². The van der Waals surface area contributed by atoms with Crippen LogP contribution in [0.1, 0.15) is 5.56 Å². The Kier molecular flexibility index (Phi) is 3.55. The molecule has 2 rings (SSSR count). The van der Waals surface area contributed by atoms with Crippen molar-refractivity contribution in [1.29, 1.82) is 0 Å². The minimum Gasteiger partial charge on any atom is -0.382 e. The van der Waals surface area contributed by atoms with E-state index in [4.69, 9.17) is 5.73 Å². The molecule has 6 nitrogen and oxygen atoms in total. The quantitative estimate of drug-likeness (QED) is 0.769. The summed E-state index contributed by atoms with van der Waals surface area (Å²) in [5.74, 6) is -0.428. The monoisotopic (exact) mass is 263 g/mol. The molecule has 1 atom stereocenters. The average Bonchev–Trinajstić information content (AvgIpc) is 2.71. The second-order valence-corrected chi connectivity index (χ2v) is 4.59. The molecule has 6 heteroatoms. The summed E-state index contributed by atoms with van der Waals surface area (Å²) in [6, 6.07) is 5.33. The number of carbonyl (C=O) groups excluding carboxylic acids is 2. The molecule has 0 aromatic heterocycles. The highest BCUT2D eigenvalue weighted by molar-refractivity contribution is 6.02. The molecule has 1 aliphatic heterocycles. The minimum absolute atomic E-state index is 0.0307. The van der Waals surface area contributed by atoms with E-state index in [1.54, 1.807) is 37.2 Å². The average molecular weight is 263 g/mol. The highest BCUT2D eigenvalue weighted by atomic mass is 16.3. The first-order valence-corrected chi connectivity index (χ1v) is 6.01. The zero-order valence-corrected chi connectivity index (χ0v) is 11.0. The van der Waals surface area contributed by atoms with Crippen LogP contribution in [0.25, 0.3) is 0 Å². The van der Waals surface area contributed by atoms with Crippen LogP contribution in [0, 0.1) is 0 Å². The van der Waals surface area contributed by atoms with Gasteiger partial charge in [0.15, 0.2) is 0 Å². The molecule has 0 saturated carbocycles. The first kappa shape index (κ1) is 13.5. The minimum atomic E-state index is -1.21. The summed E-state index contributed by atoms with van der Waals surface area (Å²) in [5, 5.41) is 9.46. The Morgan fingerprint density at radius 1 is 1.58 bits per heavy atom. The zero-order chi connectivity index (χ0) is 14.2. The van der Waals surface area contributed by atoms with Gasteiger partial charge in [0.1, 0.15) is 6.10 Å². The van der Waals surface area contributed by atoms with Crippen molar-refractivity contribution in [3.8, 4) is 0 Å². The van der Waals surface area contributed by atoms with Gasteiger partial charge in [0.25, 0.3) is 5.91 Å². The second-order valence-electron chi connectivity index (χ2n) is 4.59. The molecule has 0 spiro atoms. The number of fused-ring (bicyclic) bond motifs is 1. The van der Waals surface area contributed by atoms with E-state index < -0.39 is 12.0 Å². The summed E-state index contributed by atoms with van der Waals surface area (Å²) in [6.45, 7) is -0.116. The maximum atomic E-state index is 11.8. The first-order chi connectivity index (χ1) is 8.95. The maximum absolute atomic E-state index is 11.8. The lowest BCUT2D eigenvalue weighted by Gasteiger charge is -2.21. The zero-order valence-electron chi connectivity index (χ0n) is 11.0. The molecule has 1 unspecified atom stereocenters. The molecule has 0 fully saturated rings. The van der Waals surface area contributed by atoms with E-state index in [0.717, 1.165) is 11.3 Å². The van der Waals surface area contributed by atoms with Crippen LogP contribution in [0.3, 0.4) is 0 Å². The molecule has 3 N–H and O–H groups in total. The number of rotatable bonds is 3. The summed E-state index contributed by atoms with van der Waals surface area (Å²) >= 11 is 0. The number of nitrogens with zero attached hydrogens (tertiary/aromatic N) is 2. The highest BCUT2D eigenvalue weighted by Crippen LogP contribution is 2.31. The summed E-state index contributed by atoms with van der Waals surface area (Å²) in [7, 11) is 3.30. The summed E-state index contributed by atoms with van der Waals surface area (Å²) in [5.41, 5.74) is 7.64. The van der Waals surface area contributed by atoms with Crippen molar-refractivity contribution < 1.29 is 14.7 Å². The standard InChI is InChI=1S/C13H17N3O3/c1-15(13(19)11(17)7-14)9-3-4-10-8(5-9)6-12(18)16(10)2/h3-5,11,17H,6-7,14H2,1-2H3. The molecule has 1 aromatic rings. The molecule has 19 heavy (non-hydrogen) atoms. The van der Waals surface area contributed by atoms with Crippen molar-refractivity contribution in [2.45, 2.75) is 12.5 Å². The Hall–Kier alpha value is -1.92. The molecule has 1 aliphatic rings. The number of hydrogen-bond donors (Lipinski definition) is 2. The number of aliphatic hydroxyl groups excluding tert-OH is 1. The van der Waals surface area contributed by atoms with E-state index in [-0.39, 0.29) is 12.5 Å². The molecule has 102 valence electrons. The van der Waals surface area contributed by atoms with Gasteiger partial charge in [-0.3, -0.25) is 9.59 Å². The normalized spacial score (nSPS) is 15.4. The van der Waals surface area contributed by atoms with Gasteiger partial charge >= 0.3 is 0 Å². The summed E-state index contributed by atoms with van der Waals surface area (Å²) < 4.78 is 0. The number of likely N-dealkylation sites (N-methyl/N-ethyl adjacent to an activating group) is 2. The van der Waals surface area contributed by atoms with Crippen molar-refractivity contribution in [2.75, 3.05) is 30.4 Å². The lowest BCUT2D eigenvalue weighted by molar-refractivity contribution is -0.125.